The zero-order valence-corrected chi connectivity index (χ0v) is 12.9. The van der Waals surface area contributed by atoms with Gasteiger partial charge in [-0.25, -0.2) is 4.39 Å². The second-order valence-electron chi connectivity index (χ2n) is 8.16. The summed E-state index contributed by atoms with van der Waals surface area (Å²) >= 11 is 0. The quantitative estimate of drug-likeness (QED) is 0.885. The summed E-state index contributed by atoms with van der Waals surface area (Å²) in [7, 11) is 0. The Bertz CT molecular complexity index is 515. The number of hydrogen-bond donors (Lipinski definition) is 1. The van der Waals surface area contributed by atoms with Crippen LogP contribution in [0.1, 0.15) is 49.7 Å². The number of benzene rings is 1. The predicted octanol–water partition coefficient (Wildman–Crippen LogP) is 4.22. The van der Waals surface area contributed by atoms with Crippen molar-refractivity contribution in [2.24, 2.45) is 28.9 Å². The molecule has 0 amide bonds. The van der Waals surface area contributed by atoms with Crippen LogP contribution in [0.5, 0.6) is 0 Å². The van der Waals surface area contributed by atoms with Gasteiger partial charge >= 0.3 is 0 Å². The molecule has 0 radical (unpaired) electrons. The highest BCUT2D eigenvalue weighted by molar-refractivity contribution is 5.28. The van der Waals surface area contributed by atoms with Crippen molar-refractivity contribution in [3.05, 3.63) is 35.1 Å². The van der Waals surface area contributed by atoms with Gasteiger partial charge in [0.2, 0.25) is 0 Å². The highest BCUT2D eigenvalue weighted by atomic mass is 19.1. The van der Waals surface area contributed by atoms with E-state index < -0.39 is 0 Å². The lowest BCUT2D eigenvalue weighted by Gasteiger charge is -2.59. The normalized spacial score (nSPS) is 38.7. The Labute approximate surface area is 127 Å². The third-order valence-corrected chi connectivity index (χ3v) is 6.62. The summed E-state index contributed by atoms with van der Waals surface area (Å²) in [5, 5.41) is 0. The maximum absolute atomic E-state index is 13.3. The lowest BCUT2D eigenvalue weighted by Crippen LogP contribution is -2.55. The van der Waals surface area contributed by atoms with Crippen molar-refractivity contribution in [3.8, 4) is 0 Å². The summed E-state index contributed by atoms with van der Waals surface area (Å²) < 4.78 is 13.3. The van der Waals surface area contributed by atoms with Crippen LogP contribution in [0.4, 0.5) is 4.39 Å². The summed E-state index contributed by atoms with van der Waals surface area (Å²) in [6.45, 7) is 2.00. The first-order valence-corrected chi connectivity index (χ1v) is 8.55. The lowest BCUT2D eigenvalue weighted by atomic mass is 9.47. The smallest absolute Gasteiger partial charge is 0.123 e. The highest BCUT2D eigenvalue weighted by Gasteiger charge is 2.53. The fourth-order valence-electron chi connectivity index (χ4n) is 5.97. The van der Waals surface area contributed by atoms with Crippen LogP contribution < -0.4 is 5.73 Å². The summed E-state index contributed by atoms with van der Waals surface area (Å²) in [5.74, 6) is 2.68. The molecule has 2 heteroatoms. The molecule has 4 bridgehead atoms. The van der Waals surface area contributed by atoms with E-state index in [9.17, 15) is 4.39 Å². The molecule has 1 nitrogen and oxygen atoms in total. The summed E-state index contributed by atoms with van der Waals surface area (Å²) in [6, 6.07) is 5.40. The average molecular weight is 287 g/mol. The number of rotatable bonds is 3. The van der Waals surface area contributed by atoms with E-state index in [0.717, 1.165) is 29.7 Å². The molecule has 5 rings (SSSR count). The fraction of sp³-hybridized carbons (Fsp3) is 0.684. The van der Waals surface area contributed by atoms with Crippen LogP contribution in [0, 0.1) is 35.9 Å². The molecule has 4 aliphatic rings. The minimum atomic E-state index is -0.139. The molecule has 2 N–H and O–H groups in total. The van der Waals surface area contributed by atoms with E-state index in [1.54, 1.807) is 12.1 Å². The molecule has 0 heterocycles. The summed E-state index contributed by atoms with van der Waals surface area (Å²) in [4.78, 5) is 0. The molecule has 4 aliphatic carbocycles. The Kier molecular flexibility index (Phi) is 3.15. The Hall–Kier alpha value is -0.890. The van der Waals surface area contributed by atoms with Crippen LogP contribution in [0.3, 0.4) is 0 Å². The Morgan fingerprint density at radius 1 is 1.14 bits per heavy atom. The van der Waals surface area contributed by atoms with Crippen LogP contribution in [0.15, 0.2) is 18.2 Å². The molecular formula is C19H26FN. The van der Waals surface area contributed by atoms with Crippen LogP contribution in [-0.4, -0.2) is 6.04 Å². The first-order valence-electron chi connectivity index (χ1n) is 8.55. The molecule has 114 valence electrons. The van der Waals surface area contributed by atoms with Gasteiger partial charge in [-0.05, 0) is 98.3 Å². The van der Waals surface area contributed by atoms with Crippen LogP contribution in [0.2, 0.25) is 0 Å². The van der Waals surface area contributed by atoms with Crippen LogP contribution >= 0.6 is 0 Å². The summed E-state index contributed by atoms with van der Waals surface area (Å²) in [5.41, 5.74) is 9.39. The standard InChI is InChI=1S/C19H26FN/c1-12-4-17(20)3-2-16(12)8-18(21)19-9-13-5-14(10-19)7-15(6-13)11-19/h2-4,13-15,18H,5-11,21H2,1H3. The van der Waals surface area contributed by atoms with E-state index >= 15 is 0 Å². The van der Waals surface area contributed by atoms with Gasteiger partial charge in [0.05, 0.1) is 0 Å². The molecule has 21 heavy (non-hydrogen) atoms. The average Bonchev–Trinajstić information content (AvgIpc) is 2.40. The number of hydrogen-bond acceptors (Lipinski definition) is 1. The molecule has 4 fully saturated rings. The van der Waals surface area contributed by atoms with Gasteiger partial charge < -0.3 is 5.73 Å². The van der Waals surface area contributed by atoms with Crippen molar-refractivity contribution in [1.29, 1.82) is 0 Å². The van der Waals surface area contributed by atoms with Crippen molar-refractivity contribution in [1.82, 2.24) is 0 Å². The van der Waals surface area contributed by atoms with Crippen molar-refractivity contribution >= 4 is 0 Å². The maximum atomic E-state index is 13.3. The highest BCUT2D eigenvalue weighted by Crippen LogP contribution is 2.61. The Morgan fingerprint density at radius 3 is 2.24 bits per heavy atom. The summed E-state index contributed by atoms with van der Waals surface area (Å²) in [6.07, 6.45) is 9.34. The monoisotopic (exact) mass is 287 g/mol. The molecule has 0 spiro atoms. The van der Waals surface area contributed by atoms with Gasteiger partial charge in [-0.1, -0.05) is 6.07 Å². The first kappa shape index (κ1) is 13.8. The fourth-order valence-corrected chi connectivity index (χ4v) is 5.97. The van der Waals surface area contributed by atoms with Gasteiger partial charge in [0, 0.05) is 6.04 Å². The molecule has 1 unspecified atom stereocenters. The van der Waals surface area contributed by atoms with Gasteiger partial charge in [-0.3, -0.25) is 0 Å². The zero-order chi connectivity index (χ0) is 14.6. The third kappa shape index (κ3) is 2.32. The molecule has 4 saturated carbocycles. The molecule has 0 aromatic heterocycles. The van der Waals surface area contributed by atoms with Crippen molar-refractivity contribution in [2.75, 3.05) is 0 Å². The zero-order valence-electron chi connectivity index (χ0n) is 12.9. The molecule has 1 aromatic rings. The van der Waals surface area contributed by atoms with Gasteiger partial charge in [0.1, 0.15) is 5.82 Å². The van der Waals surface area contributed by atoms with E-state index in [1.165, 1.54) is 44.1 Å². The maximum Gasteiger partial charge on any atom is 0.123 e. The van der Waals surface area contributed by atoms with E-state index in [1.807, 2.05) is 13.0 Å². The molecule has 1 atom stereocenters. The molecule has 0 saturated heterocycles. The topological polar surface area (TPSA) is 26.0 Å². The van der Waals surface area contributed by atoms with Crippen LogP contribution in [0.25, 0.3) is 0 Å². The second-order valence-corrected chi connectivity index (χ2v) is 8.16. The second kappa shape index (κ2) is 4.81. The van der Waals surface area contributed by atoms with E-state index in [-0.39, 0.29) is 11.9 Å². The number of nitrogens with two attached hydrogens (primary N) is 1. The first-order chi connectivity index (χ1) is 10.0. The van der Waals surface area contributed by atoms with Crippen molar-refractivity contribution in [3.63, 3.8) is 0 Å². The van der Waals surface area contributed by atoms with Gasteiger partial charge in [0.25, 0.3) is 0 Å². The number of halogens is 1. The molecule has 0 aliphatic heterocycles. The molecule has 1 aromatic carbocycles. The SMILES string of the molecule is Cc1cc(F)ccc1CC(N)C12CC3CC(CC(C3)C1)C2. The van der Waals surface area contributed by atoms with E-state index in [0.29, 0.717) is 5.41 Å². The van der Waals surface area contributed by atoms with Crippen molar-refractivity contribution in [2.45, 2.75) is 57.9 Å². The largest absolute Gasteiger partial charge is 0.327 e. The van der Waals surface area contributed by atoms with Gasteiger partial charge in [-0.2, -0.15) is 0 Å². The third-order valence-electron chi connectivity index (χ3n) is 6.62. The van der Waals surface area contributed by atoms with E-state index in [4.69, 9.17) is 5.73 Å². The minimum absolute atomic E-state index is 0.139. The predicted molar refractivity (Wildman–Crippen MR) is 83.4 cm³/mol. The minimum Gasteiger partial charge on any atom is -0.327 e. The van der Waals surface area contributed by atoms with E-state index in [2.05, 4.69) is 0 Å². The Balaban J connectivity index is 1.56. The van der Waals surface area contributed by atoms with Crippen molar-refractivity contribution < 1.29 is 4.39 Å². The number of aryl methyl sites for hydroxylation is 1. The van der Waals surface area contributed by atoms with Gasteiger partial charge in [0.15, 0.2) is 0 Å². The lowest BCUT2D eigenvalue weighted by molar-refractivity contribution is -0.0667. The van der Waals surface area contributed by atoms with Crippen LogP contribution in [-0.2, 0) is 6.42 Å². The molecular weight excluding hydrogens is 261 g/mol. The Morgan fingerprint density at radius 2 is 1.71 bits per heavy atom. The van der Waals surface area contributed by atoms with Gasteiger partial charge in [-0.15, -0.1) is 0 Å².